The van der Waals surface area contributed by atoms with Crippen LogP contribution in [0, 0.1) is 0 Å². The third-order valence-corrected chi connectivity index (χ3v) is 7.10. The molecule has 0 aliphatic carbocycles. The average Bonchev–Trinajstić information content (AvgIpc) is 3.52. The number of imidazole rings is 1. The second kappa shape index (κ2) is 22.4. The number of hydrogen-bond donors (Lipinski definition) is 11. The molecular weight excluding hydrogens is 602 g/mol. The quantitative estimate of drug-likeness (QED) is 0.0459. The topological polar surface area (TPSA) is 330 Å². The van der Waals surface area contributed by atoms with Gasteiger partial charge in [0.1, 0.15) is 24.2 Å². The van der Waals surface area contributed by atoms with Crippen LogP contribution in [-0.2, 0) is 35.2 Å². The summed E-state index contributed by atoms with van der Waals surface area (Å²) in [5.74, 6) is -5.28. The Kier molecular flexibility index (Phi) is 19.4. The van der Waals surface area contributed by atoms with E-state index in [1.165, 1.54) is 12.5 Å². The number of hydrogen-bond acceptors (Lipinski definition) is 11. The first-order chi connectivity index (χ1) is 21.9. The van der Waals surface area contributed by atoms with Gasteiger partial charge in [-0.25, -0.2) is 9.78 Å². The first-order valence-electron chi connectivity index (χ1n) is 15.5. The summed E-state index contributed by atoms with van der Waals surface area (Å²) in [5, 5.41) is 19.5. The summed E-state index contributed by atoms with van der Waals surface area (Å²) in [7, 11) is 0. The van der Waals surface area contributed by atoms with Gasteiger partial charge in [0.2, 0.25) is 29.5 Å². The summed E-state index contributed by atoms with van der Waals surface area (Å²) < 4.78 is 0. The van der Waals surface area contributed by atoms with Crippen molar-refractivity contribution in [3.8, 4) is 0 Å². The smallest absolute Gasteiger partial charge is 0.326 e. The molecule has 5 atom stereocenters. The van der Waals surface area contributed by atoms with Crippen molar-refractivity contribution in [2.24, 2.45) is 28.7 Å². The molecule has 46 heavy (non-hydrogen) atoms. The van der Waals surface area contributed by atoms with Crippen LogP contribution in [0.1, 0.15) is 69.9 Å². The molecule has 1 aromatic rings. The highest BCUT2D eigenvalue weighted by Crippen LogP contribution is 2.08. The molecule has 18 nitrogen and oxygen atoms in total. The summed E-state index contributed by atoms with van der Waals surface area (Å²) in [6.45, 7) is 1.10. The van der Waals surface area contributed by atoms with Crippen LogP contribution in [0.15, 0.2) is 12.5 Å². The van der Waals surface area contributed by atoms with Crippen molar-refractivity contribution in [1.29, 1.82) is 0 Å². The van der Waals surface area contributed by atoms with Gasteiger partial charge in [-0.3, -0.25) is 24.0 Å². The Labute approximate surface area is 268 Å². The second-order valence-electron chi connectivity index (χ2n) is 11.0. The fraction of sp³-hybridized carbons (Fsp3) is 0.679. The largest absolute Gasteiger partial charge is 0.480 e. The number of nitrogens with zero attached hydrogens (tertiary/aromatic N) is 1. The molecule has 0 radical (unpaired) electrons. The highest BCUT2D eigenvalue weighted by Gasteiger charge is 2.32. The molecule has 0 saturated carbocycles. The zero-order chi connectivity index (χ0) is 34.5. The Morgan fingerprint density at radius 2 is 1.17 bits per heavy atom. The maximum absolute atomic E-state index is 13.5. The first-order valence-corrected chi connectivity index (χ1v) is 15.5. The van der Waals surface area contributed by atoms with Crippen LogP contribution in [-0.4, -0.2) is 100 Å². The van der Waals surface area contributed by atoms with Crippen molar-refractivity contribution in [2.75, 3.05) is 19.6 Å². The number of nitrogens with two attached hydrogens (primary N) is 5. The number of primary amides is 1. The van der Waals surface area contributed by atoms with E-state index in [4.69, 9.17) is 28.7 Å². The molecule has 0 unspecified atom stereocenters. The van der Waals surface area contributed by atoms with Gasteiger partial charge in [0, 0.05) is 18.3 Å². The van der Waals surface area contributed by atoms with Crippen LogP contribution < -0.4 is 49.9 Å². The number of aromatic amines is 1. The zero-order valence-corrected chi connectivity index (χ0v) is 26.2. The van der Waals surface area contributed by atoms with E-state index in [2.05, 4.69) is 31.2 Å². The number of amides is 5. The standard InChI is InChI=1S/C28H51N11O7/c29-10-4-1-7-18(32)24(41)38-21(13-17-15-34-16-35-17)26(43)36-19(8-2-5-11-30)25(42)39-22(14-23(33)40)27(44)37-20(28(45)46)9-3-6-12-31/h15-16,18-22H,1-14,29-32H2,(H2,33,40)(H,34,35)(H,36,43)(H,37,44)(H,38,41)(H,39,42)(H,45,46)/t18-,19-,20-,21-,22-/m0/s1. The molecule has 1 heterocycles. The molecule has 0 bridgehead atoms. The summed E-state index contributed by atoms with van der Waals surface area (Å²) >= 11 is 0. The van der Waals surface area contributed by atoms with E-state index in [9.17, 15) is 33.9 Å². The minimum atomic E-state index is -1.53. The number of carbonyl (C=O) groups is 6. The number of nitrogens with one attached hydrogen (secondary N) is 5. The maximum Gasteiger partial charge on any atom is 0.326 e. The van der Waals surface area contributed by atoms with Gasteiger partial charge in [0.05, 0.1) is 18.8 Å². The minimum Gasteiger partial charge on any atom is -0.480 e. The predicted octanol–water partition coefficient (Wildman–Crippen LogP) is -3.43. The van der Waals surface area contributed by atoms with Gasteiger partial charge in [-0.1, -0.05) is 6.42 Å². The van der Waals surface area contributed by atoms with Gasteiger partial charge >= 0.3 is 5.97 Å². The molecule has 0 aliphatic heterocycles. The summed E-state index contributed by atoms with van der Waals surface area (Å²) in [5.41, 5.74) is 28.4. The number of carboxylic acids is 1. The number of carbonyl (C=O) groups excluding carboxylic acids is 5. The van der Waals surface area contributed by atoms with Crippen molar-refractivity contribution < 1.29 is 33.9 Å². The molecule has 0 saturated heterocycles. The molecule has 0 spiro atoms. The van der Waals surface area contributed by atoms with Crippen molar-refractivity contribution in [3.63, 3.8) is 0 Å². The lowest BCUT2D eigenvalue weighted by Crippen LogP contribution is -2.59. The van der Waals surface area contributed by atoms with E-state index in [-0.39, 0.29) is 19.3 Å². The first kappa shape index (κ1) is 39.9. The molecule has 0 aliphatic rings. The van der Waals surface area contributed by atoms with Gasteiger partial charge in [-0.05, 0) is 71.0 Å². The number of aliphatic carboxylic acids is 1. The Hall–Kier alpha value is -4.13. The molecule has 18 heteroatoms. The SMILES string of the molecule is NCCCC[C@H](NC(=O)[C@H](CC(N)=O)NC(=O)[C@H](CCCCN)NC(=O)[C@H](Cc1cnc[nH]1)NC(=O)[C@@H](N)CCCCN)C(=O)O. The van der Waals surface area contributed by atoms with Crippen LogP contribution in [0.4, 0.5) is 0 Å². The zero-order valence-electron chi connectivity index (χ0n) is 26.2. The predicted molar refractivity (Wildman–Crippen MR) is 168 cm³/mol. The molecule has 16 N–H and O–H groups in total. The van der Waals surface area contributed by atoms with Crippen LogP contribution >= 0.6 is 0 Å². The van der Waals surface area contributed by atoms with E-state index in [0.29, 0.717) is 70.3 Å². The van der Waals surface area contributed by atoms with Crippen molar-refractivity contribution in [1.82, 2.24) is 31.2 Å². The normalized spacial score (nSPS) is 14.3. The Morgan fingerprint density at radius 3 is 1.70 bits per heavy atom. The van der Waals surface area contributed by atoms with E-state index in [0.717, 1.165) is 0 Å². The number of carboxylic acid groups (broad SMARTS) is 1. The van der Waals surface area contributed by atoms with Gasteiger partial charge in [0.15, 0.2) is 0 Å². The number of rotatable bonds is 25. The van der Waals surface area contributed by atoms with Crippen molar-refractivity contribution >= 4 is 35.5 Å². The van der Waals surface area contributed by atoms with Crippen molar-refractivity contribution in [3.05, 3.63) is 18.2 Å². The molecule has 260 valence electrons. The molecule has 1 aromatic heterocycles. The number of unbranched alkanes of at least 4 members (excludes halogenated alkanes) is 3. The van der Waals surface area contributed by atoms with E-state index >= 15 is 0 Å². The van der Waals surface area contributed by atoms with Crippen LogP contribution in [0.3, 0.4) is 0 Å². The highest BCUT2D eigenvalue weighted by atomic mass is 16.4. The Bertz CT molecular complexity index is 1100. The van der Waals surface area contributed by atoms with Gasteiger partial charge < -0.3 is 60.0 Å². The maximum atomic E-state index is 13.5. The van der Waals surface area contributed by atoms with Gasteiger partial charge in [-0.15, -0.1) is 0 Å². The molecule has 1 rings (SSSR count). The lowest BCUT2D eigenvalue weighted by Gasteiger charge is -2.26. The summed E-state index contributed by atoms with van der Waals surface area (Å²) in [6.07, 6.45) is 5.96. The third-order valence-electron chi connectivity index (χ3n) is 7.10. The lowest BCUT2D eigenvalue weighted by atomic mass is 10.0. The van der Waals surface area contributed by atoms with Gasteiger partial charge in [-0.2, -0.15) is 0 Å². The minimum absolute atomic E-state index is 0.00231. The lowest BCUT2D eigenvalue weighted by molar-refractivity contribution is -0.142. The summed E-state index contributed by atoms with van der Waals surface area (Å²) in [4.78, 5) is 83.2. The second-order valence-corrected chi connectivity index (χ2v) is 11.0. The van der Waals surface area contributed by atoms with Gasteiger partial charge in [0.25, 0.3) is 0 Å². The Balaban J connectivity index is 3.15. The van der Waals surface area contributed by atoms with Crippen LogP contribution in [0.5, 0.6) is 0 Å². The van der Waals surface area contributed by atoms with E-state index < -0.39 is 72.1 Å². The number of aromatic nitrogens is 2. The highest BCUT2D eigenvalue weighted by molar-refractivity contribution is 5.97. The summed E-state index contributed by atoms with van der Waals surface area (Å²) in [6, 6.07) is -6.10. The fourth-order valence-electron chi connectivity index (χ4n) is 4.48. The van der Waals surface area contributed by atoms with Crippen LogP contribution in [0.2, 0.25) is 0 Å². The van der Waals surface area contributed by atoms with E-state index in [1.54, 1.807) is 0 Å². The average molecular weight is 654 g/mol. The molecule has 5 amide bonds. The third kappa shape index (κ3) is 15.7. The molecule has 0 aromatic carbocycles. The molecular formula is C28H51N11O7. The fourth-order valence-corrected chi connectivity index (χ4v) is 4.48. The van der Waals surface area contributed by atoms with Crippen molar-refractivity contribution in [2.45, 2.75) is 101 Å². The monoisotopic (exact) mass is 653 g/mol. The number of H-pyrrole nitrogens is 1. The Morgan fingerprint density at radius 1 is 0.696 bits per heavy atom. The van der Waals surface area contributed by atoms with E-state index in [1.807, 2.05) is 0 Å². The molecule has 0 fully saturated rings. The van der Waals surface area contributed by atoms with Crippen LogP contribution in [0.25, 0.3) is 0 Å².